The van der Waals surface area contributed by atoms with Crippen molar-refractivity contribution in [1.82, 2.24) is 10.2 Å². The highest BCUT2D eigenvalue weighted by Crippen LogP contribution is 2.39. The molecule has 0 bridgehead atoms. The summed E-state index contributed by atoms with van der Waals surface area (Å²) in [4.78, 5) is 15.6. The van der Waals surface area contributed by atoms with E-state index < -0.39 is 22.0 Å². The van der Waals surface area contributed by atoms with Gasteiger partial charge in [-0.2, -0.15) is 0 Å². The highest BCUT2D eigenvalue weighted by Gasteiger charge is 2.37. The molecule has 0 saturated carbocycles. The summed E-state index contributed by atoms with van der Waals surface area (Å²) in [6.07, 6.45) is -1.05. The maximum atomic E-state index is 13.6. The molecule has 5 rings (SSSR count). The molecule has 206 valence electrons. The van der Waals surface area contributed by atoms with Gasteiger partial charge in [0, 0.05) is 31.2 Å². The summed E-state index contributed by atoms with van der Waals surface area (Å²) in [5, 5.41) is 3.24. The number of halogens is 1. The number of benzene rings is 3. The van der Waals surface area contributed by atoms with Crippen LogP contribution >= 0.6 is 11.6 Å². The van der Waals surface area contributed by atoms with Crippen molar-refractivity contribution in [3.63, 3.8) is 0 Å². The van der Waals surface area contributed by atoms with Gasteiger partial charge in [-0.25, -0.2) is 8.42 Å². The molecule has 0 spiro atoms. The molecule has 0 aliphatic carbocycles. The molecule has 1 atom stereocenters. The number of fused-ring (bicyclic) bond motifs is 1. The molecule has 1 amide bonds. The maximum Gasteiger partial charge on any atom is 0.264 e. The van der Waals surface area contributed by atoms with Crippen LogP contribution in [0, 0.1) is 0 Å². The molecular formula is C28H30ClN3O6S. The molecule has 3 aromatic rings. The van der Waals surface area contributed by atoms with E-state index in [1.807, 2.05) is 12.1 Å². The first-order valence-corrected chi connectivity index (χ1v) is 14.4. The zero-order chi connectivity index (χ0) is 27.4. The highest BCUT2D eigenvalue weighted by molar-refractivity contribution is 7.92. The summed E-state index contributed by atoms with van der Waals surface area (Å²) in [6, 6.07) is 18.8. The zero-order valence-electron chi connectivity index (χ0n) is 21.5. The van der Waals surface area contributed by atoms with Crippen LogP contribution in [-0.4, -0.2) is 65.3 Å². The van der Waals surface area contributed by atoms with Gasteiger partial charge in [0.15, 0.2) is 6.10 Å². The minimum Gasteiger partial charge on any atom is -0.497 e. The third kappa shape index (κ3) is 6.30. The van der Waals surface area contributed by atoms with E-state index in [2.05, 4.69) is 22.3 Å². The van der Waals surface area contributed by atoms with E-state index >= 15 is 0 Å². The number of carbonyl (C=O) groups excluding carboxylic acids is 1. The van der Waals surface area contributed by atoms with Gasteiger partial charge in [-0.05, 0) is 53.6 Å². The lowest BCUT2D eigenvalue weighted by Crippen LogP contribution is -2.50. The number of sulfonamides is 1. The minimum absolute atomic E-state index is 0.0625. The van der Waals surface area contributed by atoms with E-state index in [1.165, 1.54) is 35.2 Å². The van der Waals surface area contributed by atoms with E-state index in [9.17, 15) is 13.2 Å². The second kappa shape index (κ2) is 11.8. The van der Waals surface area contributed by atoms with Crippen molar-refractivity contribution < 1.29 is 27.4 Å². The van der Waals surface area contributed by atoms with Crippen LogP contribution in [-0.2, 0) is 32.6 Å². The van der Waals surface area contributed by atoms with Crippen molar-refractivity contribution in [1.29, 1.82) is 0 Å². The van der Waals surface area contributed by atoms with Crippen LogP contribution in [0.1, 0.15) is 11.1 Å². The Kier molecular flexibility index (Phi) is 8.27. The van der Waals surface area contributed by atoms with Crippen molar-refractivity contribution >= 4 is 33.2 Å². The number of carbonyl (C=O) groups is 1. The maximum absolute atomic E-state index is 13.6. The first kappa shape index (κ1) is 27.3. The number of amides is 1. The number of methoxy groups -OCH3 is 1. The summed E-state index contributed by atoms with van der Waals surface area (Å²) in [5.41, 5.74) is 2.40. The van der Waals surface area contributed by atoms with Crippen molar-refractivity contribution in [3.8, 4) is 11.5 Å². The van der Waals surface area contributed by atoms with E-state index in [0.717, 1.165) is 38.4 Å². The molecule has 0 unspecified atom stereocenters. The summed E-state index contributed by atoms with van der Waals surface area (Å²) in [7, 11) is -2.51. The Bertz CT molecular complexity index is 1410. The van der Waals surface area contributed by atoms with Gasteiger partial charge in [-0.3, -0.25) is 14.0 Å². The summed E-state index contributed by atoms with van der Waals surface area (Å²) >= 11 is 6.18. The fourth-order valence-corrected chi connectivity index (χ4v) is 6.18. The smallest absolute Gasteiger partial charge is 0.264 e. The summed E-state index contributed by atoms with van der Waals surface area (Å²) < 4.78 is 44.9. The molecule has 1 saturated heterocycles. The lowest BCUT2D eigenvalue weighted by atomic mass is 10.1. The Labute approximate surface area is 233 Å². The SMILES string of the molecule is COc1ccc(S(=O)(=O)N2C[C@@H](C(=O)NCc3ccc(CN4CCOCC4)cc3)Oc3ccc(Cl)cc32)cc1. The molecule has 2 aliphatic rings. The molecule has 2 heterocycles. The number of nitrogens with zero attached hydrogens (tertiary/aromatic N) is 2. The Hall–Kier alpha value is -3.31. The number of rotatable bonds is 8. The standard InChI is InChI=1S/C28H30ClN3O6S/c1-36-23-7-9-24(10-8-23)39(34,35)32-19-27(38-26-11-6-22(29)16-25(26)32)28(33)30-17-20-2-4-21(5-3-20)18-31-12-14-37-15-13-31/h2-11,16,27H,12-15,17-19H2,1H3,(H,30,33)/t27-/m0/s1. The van der Waals surface area contributed by atoms with Crippen molar-refractivity contribution in [2.75, 3.05) is 44.3 Å². The topological polar surface area (TPSA) is 97.4 Å². The number of morpholine rings is 1. The van der Waals surface area contributed by atoms with Crippen LogP contribution in [0.2, 0.25) is 5.02 Å². The van der Waals surface area contributed by atoms with E-state index in [-0.39, 0.29) is 29.4 Å². The summed E-state index contributed by atoms with van der Waals surface area (Å²) in [6.45, 7) is 4.28. The number of hydrogen-bond acceptors (Lipinski definition) is 7. The molecular weight excluding hydrogens is 542 g/mol. The van der Waals surface area contributed by atoms with Crippen LogP contribution in [0.15, 0.2) is 71.6 Å². The third-order valence-electron chi connectivity index (χ3n) is 6.73. The van der Waals surface area contributed by atoms with Gasteiger partial charge in [0.25, 0.3) is 15.9 Å². The normalized spacial score (nSPS) is 17.7. The zero-order valence-corrected chi connectivity index (χ0v) is 23.1. The number of hydrogen-bond donors (Lipinski definition) is 1. The predicted molar refractivity (Wildman–Crippen MR) is 148 cm³/mol. The van der Waals surface area contributed by atoms with Crippen LogP contribution in [0.25, 0.3) is 0 Å². The van der Waals surface area contributed by atoms with Crippen LogP contribution in [0.3, 0.4) is 0 Å². The lowest BCUT2D eigenvalue weighted by molar-refractivity contribution is -0.127. The average molecular weight is 572 g/mol. The second-order valence-electron chi connectivity index (χ2n) is 9.35. The van der Waals surface area contributed by atoms with Crippen molar-refractivity contribution in [2.24, 2.45) is 0 Å². The quantitative estimate of drug-likeness (QED) is 0.442. The van der Waals surface area contributed by atoms with E-state index in [1.54, 1.807) is 24.3 Å². The molecule has 11 heteroatoms. The van der Waals surface area contributed by atoms with Crippen LogP contribution in [0.5, 0.6) is 11.5 Å². The first-order valence-electron chi connectivity index (χ1n) is 12.6. The largest absolute Gasteiger partial charge is 0.497 e. The summed E-state index contributed by atoms with van der Waals surface area (Å²) in [5.74, 6) is 0.379. The number of nitrogens with one attached hydrogen (secondary N) is 1. The van der Waals surface area contributed by atoms with Gasteiger partial charge in [-0.1, -0.05) is 35.9 Å². The molecule has 1 N–H and O–H groups in total. The Morgan fingerprint density at radius 1 is 1.03 bits per heavy atom. The molecule has 39 heavy (non-hydrogen) atoms. The fraction of sp³-hybridized carbons (Fsp3) is 0.321. The second-order valence-corrected chi connectivity index (χ2v) is 11.7. The molecule has 0 radical (unpaired) electrons. The first-order chi connectivity index (χ1) is 18.8. The van der Waals surface area contributed by atoms with Crippen LogP contribution in [0.4, 0.5) is 5.69 Å². The fourth-order valence-electron chi connectivity index (χ4n) is 4.55. The van der Waals surface area contributed by atoms with E-state index in [4.69, 9.17) is 25.8 Å². The van der Waals surface area contributed by atoms with Gasteiger partial charge >= 0.3 is 0 Å². The third-order valence-corrected chi connectivity index (χ3v) is 8.76. The number of ether oxygens (including phenoxy) is 3. The average Bonchev–Trinajstić information content (AvgIpc) is 2.96. The van der Waals surface area contributed by atoms with E-state index in [0.29, 0.717) is 10.8 Å². The minimum atomic E-state index is -4.02. The van der Waals surface area contributed by atoms with Gasteiger partial charge in [0.05, 0.1) is 37.5 Å². The van der Waals surface area contributed by atoms with Gasteiger partial charge in [-0.15, -0.1) is 0 Å². The predicted octanol–water partition coefficient (Wildman–Crippen LogP) is 3.45. The Balaban J connectivity index is 1.28. The lowest BCUT2D eigenvalue weighted by Gasteiger charge is -2.35. The molecule has 2 aliphatic heterocycles. The molecule has 1 fully saturated rings. The number of anilines is 1. The van der Waals surface area contributed by atoms with Gasteiger partial charge in [0.2, 0.25) is 0 Å². The van der Waals surface area contributed by atoms with Crippen molar-refractivity contribution in [2.45, 2.75) is 24.1 Å². The highest BCUT2D eigenvalue weighted by atomic mass is 35.5. The Morgan fingerprint density at radius 2 is 1.72 bits per heavy atom. The van der Waals surface area contributed by atoms with Gasteiger partial charge in [0.1, 0.15) is 11.5 Å². The molecule has 0 aromatic heterocycles. The molecule has 9 nitrogen and oxygen atoms in total. The van der Waals surface area contributed by atoms with Crippen LogP contribution < -0.4 is 19.1 Å². The Morgan fingerprint density at radius 3 is 2.41 bits per heavy atom. The molecule has 3 aromatic carbocycles. The van der Waals surface area contributed by atoms with Crippen molar-refractivity contribution in [3.05, 3.63) is 82.9 Å². The monoisotopic (exact) mass is 571 g/mol. The van der Waals surface area contributed by atoms with Gasteiger partial charge < -0.3 is 19.5 Å².